The zero-order valence-corrected chi connectivity index (χ0v) is 12.4. The topological polar surface area (TPSA) is 24.9 Å². The number of pyridine rings is 1. The summed E-state index contributed by atoms with van der Waals surface area (Å²) in [6, 6.07) is 12.0. The number of nitrogens with one attached hydrogen (secondary N) is 1. The Morgan fingerprint density at radius 2 is 1.90 bits per heavy atom. The van der Waals surface area contributed by atoms with E-state index < -0.39 is 0 Å². The van der Waals surface area contributed by atoms with Crippen molar-refractivity contribution in [2.75, 3.05) is 0 Å². The first-order valence-corrected chi connectivity index (χ1v) is 7.44. The van der Waals surface area contributed by atoms with E-state index in [4.69, 9.17) is 0 Å². The minimum absolute atomic E-state index is 0.287. The fraction of sp³-hybridized carbons (Fsp3) is 0.389. The van der Waals surface area contributed by atoms with E-state index in [1.165, 1.54) is 22.3 Å². The van der Waals surface area contributed by atoms with E-state index in [-0.39, 0.29) is 6.04 Å². The number of aromatic nitrogens is 1. The Morgan fingerprint density at radius 1 is 1.15 bits per heavy atom. The molecule has 1 aliphatic rings. The summed E-state index contributed by atoms with van der Waals surface area (Å²) >= 11 is 0. The molecule has 1 N–H and O–H groups in total. The lowest BCUT2D eigenvalue weighted by molar-refractivity contribution is 0.463. The van der Waals surface area contributed by atoms with Gasteiger partial charge in [0.15, 0.2) is 0 Å². The number of fused-ring (bicyclic) bond motifs is 1. The third-order valence-corrected chi connectivity index (χ3v) is 4.16. The van der Waals surface area contributed by atoms with Crippen molar-refractivity contribution in [3.8, 4) is 0 Å². The van der Waals surface area contributed by atoms with Gasteiger partial charge in [0, 0.05) is 18.4 Å². The van der Waals surface area contributed by atoms with E-state index in [9.17, 15) is 0 Å². The van der Waals surface area contributed by atoms with E-state index in [2.05, 4.69) is 61.4 Å². The third kappa shape index (κ3) is 2.48. The Bertz CT molecular complexity index is 590. The summed E-state index contributed by atoms with van der Waals surface area (Å²) in [6.07, 6.45) is 4.86. The summed E-state index contributed by atoms with van der Waals surface area (Å²) in [4.78, 5) is 4.13. The Labute approximate surface area is 121 Å². The zero-order chi connectivity index (χ0) is 14.1. The van der Waals surface area contributed by atoms with Gasteiger partial charge in [-0.1, -0.05) is 32.0 Å². The van der Waals surface area contributed by atoms with Crippen LogP contribution in [0.4, 0.5) is 0 Å². The monoisotopic (exact) mass is 266 g/mol. The largest absolute Gasteiger partial charge is 0.303 e. The van der Waals surface area contributed by atoms with E-state index in [0.717, 1.165) is 6.42 Å². The summed E-state index contributed by atoms with van der Waals surface area (Å²) in [5.41, 5.74) is 5.62. The van der Waals surface area contributed by atoms with E-state index >= 15 is 0 Å². The maximum Gasteiger partial charge on any atom is 0.0582 e. The molecule has 2 heterocycles. The number of hydrogen-bond donors (Lipinski definition) is 1. The fourth-order valence-corrected chi connectivity index (χ4v) is 3.02. The summed E-state index contributed by atoms with van der Waals surface area (Å²) in [5, 5.41) is 3.73. The standard InChI is InChI=1S/C18H22N2/c1-12(2)15-4-5-16-10-13(3)20-18(17(16)11-15)14-6-8-19-9-7-14/h4-9,11-13,18,20H,10H2,1-3H3. The summed E-state index contributed by atoms with van der Waals surface area (Å²) in [6.45, 7) is 6.76. The van der Waals surface area contributed by atoms with Gasteiger partial charge in [-0.3, -0.25) is 4.98 Å². The Kier molecular flexibility index (Phi) is 3.58. The molecule has 1 aliphatic heterocycles. The lowest BCUT2D eigenvalue weighted by atomic mass is 9.85. The van der Waals surface area contributed by atoms with Crippen molar-refractivity contribution in [1.82, 2.24) is 10.3 Å². The average Bonchev–Trinajstić information content (AvgIpc) is 2.46. The molecule has 3 rings (SSSR count). The van der Waals surface area contributed by atoms with Gasteiger partial charge >= 0.3 is 0 Å². The van der Waals surface area contributed by atoms with Crippen molar-refractivity contribution in [3.63, 3.8) is 0 Å². The molecule has 0 amide bonds. The molecule has 0 aliphatic carbocycles. The number of benzene rings is 1. The molecule has 0 radical (unpaired) electrons. The Morgan fingerprint density at radius 3 is 2.60 bits per heavy atom. The van der Waals surface area contributed by atoms with Crippen molar-refractivity contribution >= 4 is 0 Å². The van der Waals surface area contributed by atoms with Crippen molar-refractivity contribution < 1.29 is 0 Å². The molecule has 104 valence electrons. The van der Waals surface area contributed by atoms with Crippen LogP contribution in [0, 0.1) is 0 Å². The third-order valence-electron chi connectivity index (χ3n) is 4.16. The Hall–Kier alpha value is -1.67. The molecule has 20 heavy (non-hydrogen) atoms. The van der Waals surface area contributed by atoms with Crippen LogP contribution < -0.4 is 5.32 Å². The molecule has 0 fully saturated rings. The van der Waals surface area contributed by atoms with Crippen molar-refractivity contribution in [1.29, 1.82) is 0 Å². The van der Waals surface area contributed by atoms with Gasteiger partial charge in [0.2, 0.25) is 0 Å². The molecule has 2 unspecified atom stereocenters. The van der Waals surface area contributed by atoms with E-state index in [0.29, 0.717) is 12.0 Å². The fourth-order valence-electron chi connectivity index (χ4n) is 3.02. The number of nitrogens with zero attached hydrogens (tertiary/aromatic N) is 1. The van der Waals surface area contributed by atoms with Crippen molar-refractivity contribution in [3.05, 3.63) is 65.0 Å². The van der Waals surface area contributed by atoms with Crippen LogP contribution in [0.1, 0.15) is 55.0 Å². The first kappa shape index (κ1) is 13.3. The normalized spacial score (nSPS) is 21.8. The van der Waals surface area contributed by atoms with Crippen LogP contribution in [-0.4, -0.2) is 11.0 Å². The van der Waals surface area contributed by atoms with Crippen molar-refractivity contribution in [2.24, 2.45) is 0 Å². The van der Waals surface area contributed by atoms with E-state index in [1.807, 2.05) is 12.4 Å². The first-order valence-electron chi connectivity index (χ1n) is 7.44. The van der Waals surface area contributed by atoms with Crippen LogP contribution in [0.2, 0.25) is 0 Å². The minimum atomic E-state index is 0.287. The van der Waals surface area contributed by atoms with Crippen molar-refractivity contribution in [2.45, 2.75) is 45.2 Å². The predicted molar refractivity (Wildman–Crippen MR) is 82.9 cm³/mol. The lowest BCUT2D eigenvalue weighted by Gasteiger charge is -2.32. The second-order valence-electron chi connectivity index (χ2n) is 6.10. The van der Waals surface area contributed by atoms with Gasteiger partial charge in [-0.05, 0) is 53.6 Å². The summed E-state index contributed by atoms with van der Waals surface area (Å²) < 4.78 is 0. The molecule has 2 nitrogen and oxygen atoms in total. The second-order valence-corrected chi connectivity index (χ2v) is 6.10. The molecule has 2 aromatic rings. The maximum atomic E-state index is 4.13. The second kappa shape index (κ2) is 5.37. The van der Waals surface area contributed by atoms with Gasteiger partial charge in [-0.25, -0.2) is 0 Å². The quantitative estimate of drug-likeness (QED) is 0.893. The van der Waals surface area contributed by atoms with Gasteiger partial charge in [0.25, 0.3) is 0 Å². The summed E-state index contributed by atoms with van der Waals surface area (Å²) in [5.74, 6) is 0.567. The predicted octanol–water partition coefficient (Wildman–Crippen LogP) is 3.83. The molecule has 1 aromatic heterocycles. The van der Waals surface area contributed by atoms with Crippen LogP contribution in [0.25, 0.3) is 0 Å². The highest BCUT2D eigenvalue weighted by atomic mass is 15.0. The van der Waals surface area contributed by atoms with Crippen LogP contribution in [0.5, 0.6) is 0 Å². The van der Waals surface area contributed by atoms with Crippen LogP contribution in [-0.2, 0) is 6.42 Å². The van der Waals surface area contributed by atoms with Crippen LogP contribution in [0.3, 0.4) is 0 Å². The minimum Gasteiger partial charge on any atom is -0.303 e. The molecular formula is C18H22N2. The molecule has 0 bridgehead atoms. The van der Waals surface area contributed by atoms with Gasteiger partial charge in [0.05, 0.1) is 6.04 Å². The smallest absolute Gasteiger partial charge is 0.0582 e. The van der Waals surface area contributed by atoms with Gasteiger partial charge < -0.3 is 5.32 Å². The van der Waals surface area contributed by atoms with E-state index in [1.54, 1.807) is 0 Å². The molecule has 1 aromatic carbocycles. The number of rotatable bonds is 2. The zero-order valence-electron chi connectivity index (χ0n) is 12.4. The lowest BCUT2D eigenvalue weighted by Crippen LogP contribution is -2.38. The SMILES string of the molecule is CC1Cc2ccc(C(C)C)cc2C(c2ccncc2)N1. The molecule has 2 atom stereocenters. The number of hydrogen-bond acceptors (Lipinski definition) is 2. The molecule has 2 heteroatoms. The van der Waals surface area contributed by atoms with Gasteiger partial charge in [0.1, 0.15) is 0 Å². The molecular weight excluding hydrogens is 244 g/mol. The highest BCUT2D eigenvalue weighted by molar-refractivity contribution is 5.42. The Balaban J connectivity index is 2.08. The molecule has 0 saturated heterocycles. The van der Waals surface area contributed by atoms with Crippen LogP contribution >= 0.6 is 0 Å². The first-order chi connectivity index (χ1) is 9.65. The summed E-state index contributed by atoms with van der Waals surface area (Å²) in [7, 11) is 0. The average molecular weight is 266 g/mol. The maximum absolute atomic E-state index is 4.13. The van der Waals surface area contributed by atoms with Crippen LogP contribution in [0.15, 0.2) is 42.7 Å². The van der Waals surface area contributed by atoms with Gasteiger partial charge in [-0.2, -0.15) is 0 Å². The highest BCUT2D eigenvalue weighted by Crippen LogP contribution is 2.32. The molecule has 0 saturated carbocycles. The molecule has 0 spiro atoms. The highest BCUT2D eigenvalue weighted by Gasteiger charge is 2.25. The van der Waals surface area contributed by atoms with Gasteiger partial charge in [-0.15, -0.1) is 0 Å².